The van der Waals surface area contributed by atoms with E-state index in [1.165, 1.54) is 24.3 Å². The summed E-state index contributed by atoms with van der Waals surface area (Å²) in [5.41, 5.74) is 6.09. The number of nitrogens with one attached hydrogen (secondary N) is 2. The van der Waals surface area contributed by atoms with Crippen molar-refractivity contribution < 1.29 is 19.2 Å². The lowest BCUT2D eigenvalue weighted by molar-refractivity contribution is -0.384. The summed E-state index contributed by atoms with van der Waals surface area (Å²) in [4.78, 5) is 28.8. The van der Waals surface area contributed by atoms with Gasteiger partial charge in [0, 0.05) is 38.3 Å². The summed E-state index contributed by atoms with van der Waals surface area (Å²) in [6.45, 7) is 6.64. The van der Waals surface area contributed by atoms with Crippen LogP contribution in [0.15, 0.2) is 29.3 Å². The standard InChI is InChI=1S/C17H25N5O5/c1-2-27-17(23)16(18-8-3-9-21-10-12-26-13-11-21)20-19-14-4-6-15(7-5-14)22(24)25/h4-7,19H,2-3,8-13H2,1H3,(H,18,20). The predicted molar refractivity (Wildman–Crippen MR) is 101 cm³/mol. The van der Waals surface area contributed by atoms with Crippen molar-refractivity contribution in [3.8, 4) is 0 Å². The van der Waals surface area contributed by atoms with Gasteiger partial charge in [0.2, 0.25) is 5.84 Å². The van der Waals surface area contributed by atoms with Crippen LogP contribution in [0.4, 0.5) is 11.4 Å². The first kappa shape index (κ1) is 20.6. The van der Waals surface area contributed by atoms with Crippen LogP contribution in [0.2, 0.25) is 0 Å². The Morgan fingerprint density at radius 2 is 2.04 bits per heavy atom. The highest BCUT2D eigenvalue weighted by Gasteiger charge is 2.13. The monoisotopic (exact) mass is 379 g/mol. The number of carbonyl (C=O) groups is 1. The number of non-ortho nitro benzene ring substituents is 1. The van der Waals surface area contributed by atoms with Crippen molar-refractivity contribution in [3.05, 3.63) is 34.4 Å². The second-order valence-corrected chi connectivity index (χ2v) is 5.81. The second-order valence-electron chi connectivity index (χ2n) is 5.81. The number of morpholine rings is 1. The minimum atomic E-state index is -0.557. The van der Waals surface area contributed by atoms with Gasteiger partial charge in [0.05, 0.1) is 30.4 Å². The molecule has 148 valence electrons. The zero-order chi connectivity index (χ0) is 19.5. The van der Waals surface area contributed by atoms with E-state index in [4.69, 9.17) is 9.47 Å². The number of ether oxygens (including phenoxy) is 2. The first-order chi connectivity index (χ1) is 13.1. The third kappa shape index (κ3) is 7.19. The number of carbonyl (C=O) groups excluding carboxylic acids is 1. The molecule has 27 heavy (non-hydrogen) atoms. The minimum absolute atomic E-state index is 0.0112. The first-order valence-corrected chi connectivity index (χ1v) is 8.88. The van der Waals surface area contributed by atoms with Gasteiger partial charge in [-0.2, -0.15) is 0 Å². The number of amidine groups is 1. The Labute approximate surface area is 157 Å². The fourth-order valence-corrected chi connectivity index (χ4v) is 2.46. The molecule has 1 fully saturated rings. The lowest BCUT2D eigenvalue weighted by Crippen LogP contribution is -2.38. The number of rotatable bonds is 8. The molecule has 2 rings (SSSR count). The first-order valence-electron chi connectivity index (χ1n) is 8.88. The summed E-state index contributed by atoms with van der Waals surface area (Å²) in [7, 11) is 0. The van der Waals surface area contributed by atoms with Crippen LogP contribution in [-0.4, -0.2) is 67.6 Å². The van der Waals surface area contributed by atoms with Gasteiger partial charge in [-0.25, -0.2) is 4.79 Å². The van der Waals surface area contributed by atoms with Crippen LogP contribution >= 0.6 is 0 Å². The SMILES string of the molecule is CCOC(=O)C(=NCCCN1CCOCC1)NNc1ccc([N+](=O)[O-])cc1. The van der Waals surface area contributed by atoms with Gasteiger partial charge in [-0.05, 0) is 25.5 Å². The molecule has 0 unspecified atom stereocenters. The molecular formula is C17H25N5O5. The van der Waals surface area contributed by atoms with E-state index in [0.717, 1.165) is 39.3 Å². The summed E-state index contributed by atoms with van der Waals surface area (Å²) in [5.74, 6) is -0.490. The maximum Gasteiger partial charge on any atom is 0.375 e. The number of benzene rings is 1. The van der Waals surface area contributed by atoms with Crippen LogP contribution < -0.4 is 10.9 Å². The third-order valence-corrected chi connectivity index (χ3v) is 3.88. The topological polar surface area (TPSA) is 118 Å². The van der Waals surface area contributed by atoms with Crippen LogP contribution in [0, 0.1) is 10.1 Å². The van der Waals surface area contributed by atoms with E-state index in [1.807, 2.05) is 0 Å². The van der Waals surface area contributed by atoms with Crippen LogP contribution in [0.1, 0.15) is 13.3 Å². The van der Waals surface area contributed by atoms with Crippen molar-refractivity contribution in [1.29, 1.82) is 0 Å². The number of nitro groups is 1. The predicted octanol–water partition coefficient (Wildman–Crippen LogP) is 1.20. The largest absolute Gasteiger partial charge is 0.460 e. The molecule has 0 bridgehead atoms. The Balaban J connectivity index is 1.86. The van der Waals surface area contributed by atoms with Gasteiger partial charge in [0.15, 0.2) is 0 Å². The molecule has 0 spiro atoms. The number of aliphatic imine (C=N–C) groups is 1. The van der Waals surface area contributed by atoms with E-state index in [9.17, 15) is 14.9 Å². The van der Waals surface area contributed by atoms with Crippen LogP contribution in [0.25, 0.3) is 0 Å². The highest BCUT2D eigenvalue weighted by Crippen LogP contribution is 2.14. The minimum Gasteiger partial charge on any atom is -0.460 e. The summed E-state index contributed by atoms with van der Waals surface area (Å²) in [5, 5.41) is 10.7. The van der Waals surface area contributed by atoms with Crippen molar-refractivity contribution in [2.24, 2.45) is 4.99 Å². The molecule has 10 nitrogen and oxygen atoms in total. The zero-order valence-corrected chi connectivity index (χ0v) is 15.3. The summed E-state index contributed by atoms with van der Waals surface area (Å²) < 4.78 is 10.3. The van der Waals surface area contributed by atoms with Gasteiger partial charge < -0.3 is 9.47 Å². The number of nitro benzene ring substituents is 1. The summed E-state index contributed by atoms with van der Waals surface area (Å²) >= 11 is 0. The van der Waals surface area contributed by atoms with Gasteiger partial charge in [-0.15, -0.1) is 0 Å². The zero-order valence-electron chi connectivity index (χ0n) is 15.3. The van der Waals surface area contributed by atoms with Gasteiger partial charge >= 0.3 is 5.97 Å². The fraction of sp³-hybridized carbons (Fsp3) is 0.529. The lowest BCUT2D eigenvalue weighted by atomic mass is 10.3. The molecule has 1 aromatic rings. The highest BCUT2D eigenvalue weighted by molar-refractivity contribution is 6.35. The Kier molecular flexibility index (Phi) is 8.46. The second kappa shape index (κ2) is 11.1. The molecule has 0 aromatic heterocycles. The van der Waals surface area contributed by atoms with Crippen molar-refractivity contribution in [3.63, 3.8) is 0 Å². The van der Waals surface area contributed by atoms with Crippen molar-refractivity contribution in [1.82, 2.24) is 10.3 Å². The van der Waals surface area contributed by atoms with Crippen LogP contribution in [-0.2, 0) is 14.3 Å². The van der Waals surface area contributed by atoms with E-state index < -0.39 is 10.9 Å². The molecule has 0 aliphatic carbocycles. The molecule has 10 heteroatoms. The number of hydrogen-bond acceptors (Lipinski definition) is 8. The lowest BCUT2D eigenvalue weighted by Gasteiger charge is -2.26. The Hall–Kier alpha value is -2.72. The molecule has 1 aromatic carbocycles. The maximum atomic E-state index is 12.0. The molecule has 1 heterocycles. The summed E-state index contributed by atoms with van der Waals surface area (Å²) in [6, 6.07) is 5.81. The number of nitrogens with zero attached hydrogens (tertiary/aromatic N) is 3. The van der Waals surface area contributed by atoms with E-state index in [1.54, 1.807) is 6.92 Å². The Bertz CT molecular complexity index is 644. The van der Waals surface area contributed by atoms with Crippen molar-refractivity contribution in [2.45, 2.75) is 13.3 Å². The van der Waals surface area contributed by atoms with E-state index in [-0.39, 0.29) is 18.1 Å². The van der Waals surface area contributed by atoms with Gasteiger partial charge in [0.25, 0.3) is 5.69 Å². The van der Waals surface area contributed by atoms with Gasteiger partial charge in [-0.1, -0.05) is 0 Å². The smallest absolute Gasteiger partial charge is 0.375 e. The summed E-state index contributed by atoms with van der Waals surface area (Å²) in [6.07, 6.45) is 0.808. The molecule has 1 saturated heterocycles. The molecule has 0 atom stereocenters. The number of hydrogen-bond donors (Lipinski definition) is 2. The van der Waals surface area contributed by atoms with Gasteiger partial charge in [0.1, 0.15) is 0 Å². The number of anilines is 1. The Morgan fingerprint density at radius 1 is 1.33 bits per heavy atom. The third-order valence-electron chi connectivity index (χ3n) is 3.88. The average molecular weight is 379 g/mol. The highest BCUT2D eigenvalue weighted by atomic mass is 16.6. The average Bonchev–Trinajstić information content (AvgIpc) is 2.68. The van der Waals surface area contributed by atoms with Crippen LogP contribution in [0.5, 0.6) is 0 Å². The number of hydrazine groups is 1. The molecule has 0 amide bonds. The van der Waals surface area contributed by atoms with E-state index in [0.29, 0.717) is 12.2 Å². The quantitative estimate of drug-likeness (QED) is 0.173. The van der Waals surface area contributed by atoms with Gasteiger partial charge in [-0.3, -0.25) is 30.9 Å². The van der Waals surface area contributed by atoms with Crippen LogP contribution in [0.3, 0.4) is 0 Å². The van der Waals surface area contributed by atoms with Crippen molar-refractivity contribution in [2.75, 3.05) is 51.4 Å². The molecule has 0 saturated carbocycles. The van der Waals surface area contributed by atoms with E-state index >= 15 is 0 Å². The Morgan fingerprint density at radius 3 is 2.67 bits per heavy atom. The molecule has 0 radical (unpaired) electrons. The molecule has 1 aliphatic heterocycles. The van der Waals surface area contributed by atoms with Crippen molar-refractivity contribution >= 4 is 23.2 Å². The number of esters is 1. The molecular weight excluding hydrogens is 354 g/mol. The molecule has 2 N–H and O–H groups in total. The normalized spacial score (nSPS) is 15.2. The van der Waals surface area contributed by atoms with E-state index in [2.05, 4.69) is 20.7 Å². The fourth-order valence-electron chi connectivity index (χ4n) is 2.46. The molecule has 1 aliphatic rings. The maximum absolute atomic E-state index is 12.0.